The molecule has 1 aliphatic rings. The highest BCUT2D eigenvalue weighted by molar-refractivity contribution is 7.89. The summed E-state index contributed by atoms with van der Waals surface area (Å²) in [6.45, 7) is 1.47. The Morgan fingerprint density at radius 2 is 1.70 bits per heavy atom. The van der Waals surface area contributed by atoms with Crippen LogP contribution in [0.2, 0.25) is 0 Å². The van der Waals surface area contributed by atoms with Crippen LogP contribution in [0.5, 0.6) is 11.5 Å². The predicted molar refractivity (Wildman–Crippen MR) is 114 cm³/mol. The van der Waals surface area contributed by atoms with Gasteiger partial charge in [0.15, 0.2) is 0 Å². The molecule has 0 saturated carbocycles. The van der Waals surface area contributed by atoms with E-state index in [1.165, 1.54) is 19.2 Å². The first kappa shape index (κ1) is 21.9. The number of nitrogens with zero attached hydrogens (tertiary/aromatic N) is 1. The van der Waals surface area contributed by atoms with E-state index in [1.54, 1.807) is 36.3 Å². The molecular formula is C21H27N3O5S. The maximum atomic E-state index is 12.5. The van der Waals surface area contributed by atoms with Crippen molar-refractivity contribution in [1.29, 1.82) is 0 Å². The van der Waals surface area contributed by atoms with Crippen LogP contribution in [0.25, 0.3) is 0 Å². The van der Waals surface area contributed by atoms with E-state index in [-0.39, 0.29) is 16.8 Å². The molecule has 8 nitrogen and oxygen atoms in total. The van der Waals surface area contributed by atoms with Gasteiger partial charge in [0.25, 0.3) is 0 Å². The van der Waals surface area contributed by atoms with Crippen LogP contribution in [0.3, 0.4) is 0 Å². The van der Waals surface area contributed by atoms with Crippen molar-refractivity contribution in [2.24, 2.45) is 5.92 Å². The summed E-state index contributed by atoms with van der Waals surface area (Å²) in [5, 5.41) is 2.87. The van der Waals surface area contributed by atoms with Gasteiger partial charge in [0.2, 0.25) is 10.0 Å². The second-order valence-electron chi connectivity index (χ2n) is 7.09. The van der Waals surface area contributed by atoms with Crippen molar-refractivity contribution in [1.82, 2.24) is 9.62 Å². The molecule has 2 aromatic carbocycles. The third-order valence-electron chi connectivity index (χ3n) is 5.18. The molecule has 2 amide bonds. The molecule has 1 aliphatic heterocycles. The van der Waals surface area contributed by atoms with Gasteiger partial charge in [-0.3, -0.25) is 0 Å². The number of anilines is 1. The number of hydrogen-bond donors (Lipinski definition) is 2. The zero-order valence-electron chi connectivity index (χ0n) is 17.1. The highest BCUT2D eigenvalue weighted by Gasteiger charge is 2.25. The number of urea groups is 1. The van der Waals surface area contributed by atoms with E-state index < -0.39 is 10.0 Å². The molecule has 0 radical (unpaired) electrons. The fraction of sp³-hybridized carbons (Fsp3) is 0.381. The minimum Gasteiger partial charge on any atom is -0.497 e. The second kappa shape index (κ2) is 9.82. The highest BCUT2D eigenvalue weighted by atomic mass is 32.2. The number of benzene rings is 2. The molecule has 0 bridgehead atoms. The Morgan fingerprint density at radius 3 is 2.33 bits per heavy atom. The molecule has 0 unspecified atom stereocenters. The minimum atomic E-state index is -3.58. The van der Waals surface area contributed by atoms with Crippen LogP contribution in [0.15, 0.2) is 53.4 Å². The van der Waals surface area contributed by atoms with Crippen LogP contribution >= 0.6 is 0 Å². The van der Waals surface area contributed by atoms with Crippen molar-refractivity contribution in [2.75, 3.05) is 39.2 Å². The first-order valence-electron chi connectivity index (χ1n) is 9.75. The smallest absolute Gasteiger partial charge is 0.321 e. The van der Waals surface area contributed by atoms with Gasteiger partial charge in [0.05, 0.1) is 24.8 Å². The summed E-state index contributed by atoms with van der Waals surface area (Å²) in [5.41, 5.74) is 0.624. The van der Waals surface area contributed by atoms with Crippen molar-refractivity contribution >= 4 is 21.7 Å². The van der Waals surface area contributed by atoms with Gasteiger partial charge in [-0.15, -0.1) is 0 Å². The Morgan fingerprint density at radius 1 is 1.03 bits per heavy atom. The maximum absolute atomic E-state index is 12.5. The van der Waals surface area contributed by atoms with Crippen LogP contribution in [0.1, 0.15) is 12.8 Å². The van der Waals surface area contributed by atoms with E-state index in [0.717, 1.165) is 12.8 Å². The Hall–Kier alpha value is -2.78. The zero-order valence-corrected chi connectivity index (χ0v) is 17.9. The summed E-state index contributed by atoms with van der Waals surface area (Å²) in [6.07, 6.45) is 1.45. The minimum absolute atomic E-state index is 0.174. The van der Waals surface area contributed by atoms with Gasteiger partial charge in [-0.25, -0.2) is 17.9 Å². The summed E-state index contributed by atoms with van der Waals surface area (Å²) in [4.78, 5) is 14.5. The van der Waals surface area contributed by atoms with E-state index in [1.807, 2.05) is 12.1 Å². The number of carbonyl (C=O) groups is 1. The topological polar surface area (TPSA) is 97.0 Å². The third kappa shape index (κ3) is 5.43. The van der Waals surface area contributed by atoms with Gasteiger partial charge in [0.1, 0.15) is 11.5 Å². The monoisotopic (exact) mass is 433 g/mol. The number of methoxy groups -OCH3 is 2. The lowest BCUT2D eigenvalue weighted by Crippen LogP contribution is -2.43. The quantitative estimate of drug-likeness (QED) is 0.700. The van der Waals surface area contributed by atoms with Crippen LogP contribution in [0.4, 0.5) is 10.5 Å². The largest absolute Gasteiger partial charge is 0.497 e. The average Bonchev–Trinajstić information content (AvgIpc) is 2.78. The van der Waals surface area contributed by atoms with Gasteiger partial charge in [-0.2, -0.15) is 0 Å². The van der Waals surface area contributed by atoms with E-state index in [9.17, 15) is 13.2 Å². The highest BCUT2D eigenvalue weighted by Crippen LogP contribution is 2.25. The van der Waals surface area contributed by atoms with E-state index in [4.69, 9.17) is 9.47 Å². The van der Waals surface area contributed by atoms with Crippen molar-refractivity contribution in [3.8, 4) is 11.5 Å². The summed E-state index contributed by atoms with van der Waals surface area (Å²) >= 11 is 0. The van der Waals surface area contributed by atoms with E-state index >= 15 is 0 Å². The molecule has 162 valence electrons. The average molecular weight is 434 g/mol. The number of para-hydroxylation sites is 2. The van der Waals surface area contributed by atoms with Crippen molar-refractivity contribution < 1.29 is 22.7 Å². The number of amides is 2. The number of carbonyl (C=O) groups excluding carboxylic acids is 1. The van der Waals surface area contributed by atoms with E-state index in [2.05, 4.69) is 10.0 Å². The normalized spacial score (nSPS) is 14.9. The predicted octanol–water partition coefficient (Wildman–Crippen LogP) is 2.93. The maximum Gasteiger partial charge on any atom is 0.321 e. The number of nitrogens with one attached hydrogen (secondary N) is 2. The molecule has 3 rings (SSSR count). The lowest BCUT2D eigenvalue weighted by Gasteiger charge is -2.32. The Kier molecular flexibility index (Phi) is 7.17. The SMILES string of the molecule is COc1ccc(S(=O)(=O)NCC2CCN(C(=O)Nc3ccccc3OC)CC2)cc1. The molecular weight excluding hydrogens is 406 g/mol. The zero-order chi connectivity index (χ0) is 21.6. The molecule has 2 N–H and O–H groups in total. The lowest BCUT2D eigenvalue weighted by molar-refractivity contribution is 0.183. The fourth-order valence-electron chi connectivity index (χ4n) is 3.35. The Labute approximate surface area is 177 Å². The Balaban J connectivity index is 1.48. The van der Waals surface area contributed by atoms with Gasteiger partial charge < -0.3 is 19.7 Å². The molecule has 2 aromatic rings. The van der Waals surface area contributed by atoms with Crippen LogP contribution in [-0.2, 0) is 10.0 Å². The molecule has 9 heteroatoms. The number of piperidine rings is 1. The van der Waals surface area contributed by atoms with Crippen molar-refractivity contribution in [2.45, 2.75) is 17.7 Å². The Bertz CT molecular complexity index is 955. The van der Waals surface area contributed by atoms with Crippen LogP contribution in [-0.4, -0.2) is 53.2 Å². The number of sulfonamides is 1. The summed E-state index contributed by atoms with van der Waals surface area (Å²) < 4.78 is 37.9. The number of rotatable bonds is 7. The van der Waals surface area contributed by atoms with Gasteiger partial charge >= 0.3 is 6.03 Å². The first-order valence-corrected chi connectivity index (χ1v) is 11.2. The standard InChI is InChI=1S/C21H27N3O5S/c1-28-17-7-9-18(10-8-17)30(26,27)22-15-16-11-13-24(14-12-16)21(25)23-19-5-3-4-6-20(19)29-2/h3-10,16,22H,11-15H2,1-2H3,(H,23,25). The summed E-state index contributed by atoms with van der Waals surface area (Å²) in [6, 6.07) is 13.3. The van der Waals surface area contributed by atoms with Crippen molar-refractivity contribution in [3.05, 3.63) is 48.5 Å². The molecule has 0 atom stereocenters. The van der Waals surface area contributed by atoms with Crippen molar-refractivity contribution in [3.63, 3.8) is 0 Å². The fourth-order valence-corrected chi connectivity index (χ4v) is 4.46. The molecule has 1 heterocycles. The number of likely N-dealkylation sites (tertiary alicyclic amines) is 1. The second-order valence-corrected chi connectivity index (χ2v) is 8.86. The lowest BCUT2D eigenvalue weighted by atomic mass is 9.97. The number of hydrogen-bond acceptors (Lipinski definition) is 5. The summed E-state index contributed by atoms with van der Waals surface area (Å²) in [7, 11) is -0.484. The molecule has 0 aliphatic carbocycles. The van der Waals surface area contributed by atoms with Gasteiger partial charge in [-0.05, 0) is 55.2 Å². The molecule has 0 aromatic heterocycles. The molecule has 30 heavy (non-hydrogen) atoms. The summed E-state index contributed by atoms with van der Waals surface area (Å²) in [5.74, 6) is 1.38. The number of ether oxygens (including phenoxy) is 2. The third-order valence-corrected chi connectivity index (χ3v) is 6.62. The molecule has 0 spiro atoms. The van der Waals surface area contributed by atoms with Gasteiger partial charge in [-0.1, -0.05) is 12.1 Å². The van der Waals surface area contributed by atoms with E-state index in [0.29, 0.717) is 36.8 Å². The van der Waals surface area contributed by atoms with Gasteiger partial charge in [0, 0.05) is 19.6 Å². The van der Waals surface area contributed by atoms with Crippen LogP contribution in [0, 0.1) is 5.92 Å². The van der Waals surface area contributed by atoms with Crippen LogP contribution < -0.4 is 19.5 Å². The first-order chi connectivity index (χ1) is 14.4. The molecule has 1 saturated heterocycles. The molecule has 1 fully saturated rings.